The van der Waals surface area contributed by atoms with Crippen LogP contribution in [-0.4, -0.2) is 41.1 Å². The molecule has 1 aromatic rings. The number of aromatic nitrogens is 2. The number of carbonyl (C=O) groups excluding carboxylic acids is 1. The molecule has 1 N–H and O–H groups in total. The minimum Gasteiger partial charge on any atom is -0.369 e. The lowest BCUT2D eigenvalue weighted by Gasteiger charge is -2.18. The minimum absolute atomic E-state index is 0.0887. The molecule has 0 saturated heterocycles. The highest BCUT2D eigenvalue weighted by molar-refractivity contribution is 5.92. The first kappa shape index (κ1) is 13.4. The first-order valence-electron chi connectivity index (χ1n) is 5.87. The van der Waals surface area contributed by atoms with E-state index >= 15 is 0 Å². The molecule has 0 saturated carbocycles. The van der Waals surface area contributed by atoms with Crippen molar-refractivity contribution >= 4 is 11.7 Å². The van der Waals surface area contributed by atoms with E-state index in [1.165, 1.54) is 0 Å². The van der Waals surface area contributed by atoms with Gasteiger partial charge in [0.1, 0.15) is 5.82 Å². The van der Waals surface area contributed by atoms with Crippen LogP contribution in [0.1, 0.15) is 31.3 Å². The molecular weight excluding hydrogens is 216 g/mol. The van der Waals surface area contributed by atoms with Gasteiger partial charge in [-0.15, -0.1) is 10.2 Å². The smallest absolute Gasteiger partial charge is 0.274 e. The number of hydrogen-bond donors (Lipinski definition) is 1. The van der Waals surface area contributed by atoms with E-state index in [4.69, 9.17) is 0 Å². The predicted molar refractivity (Wildman–Crippen MR) is 68.0 cm³/mol. The Morgan fingerprint density at radius 3 is 2.59 bits per heavy atom. The molecule has 0 aliphatic heterocycles. The van der Waals surface area contributed by atoms with Gasteiger partial charge in [-0.1, -0.05) is 13.8 Å². The fourth-order valence-electron chi connectivity index (χ4n) is 1.55. The quantitative estimate of drug-likeness (QED) is 0.844. The molecule has 0 bridgehead atoms. The summed E-state index contributed by atoms with van der Waals surface area (Å²) in [6.07, 6.45) is 0. The third-order valence-corrected chi connectivity index (χ3v) is 2.23. The number of hydrogen-bond acceptors (Lipinski definition) is 4. The van der Waals surface area contributed by atoms with E-state index in [1.807, 2.05) is 6.92 Å². The zero-order valence-corrected chi connectivity index (χ0v) is 10.9. The van der Waals surface area contributed by atoms with Crippen LogP contribution < -0.4 is 5.32 Å². The lowest BCUT2D eigenvalue weighted by atomic mass is 10.2. The van der Waals surface area contributed by atoms with Crippen molar-refractivity contribution < 1.29 is 4.79 Å². The number of nitrogens with zero attached hydrogens (tertiary/aromatic N) is 3. The molecular formula is C12H20N4O. The van der Waals surface area contributed by atoms with Crippen LogP contribution in [-0.2, 0) is 0 Å². The molecule has 94 valence electrons. The number of rotatable bonds is 5. The molecule has 0 atom stereocenters. The molecule has 17 heavy (non-hydrogen) atoms. The van der Waals surface area contributed by atoms with Crippen molar-refractivity contribution in [3.8, 4) is 0 Å². The van der Waals surface area contributed by atoms with Crippen molar-refractivity contribution in [3.63, 3.8) is 0 Å². The third-order valence-electron chi connectivity index (χ3n) is 2.23. The van der Waals surface area contributed by atoms with Gasteiger partial charge < -0.3 is 10.2 Å². The normalized spacial score (nSPS) is 10.4. The molecule has 0 spiro atoms. The van der Waals surface area contributed by atoms with Crippen LogP contribution in [0.5, 0.6) is 0 Å². The van der Waals surface area contributed by atoms with Crippen molar-refractivity contribution in [2.75, 3.05) is 25.5 Å². The summed E-state index contributed by atoms with van der Waals surface area (Å²) in [6, 6.07) is 3.47. The average Bonchev–Trinajstić information content (AvgIpc) is 2.28. The molecule has 0 fully saturated rings. The van der Waals surface area contributed by atoms with Gasteiger partial charge in [0.15, 0.2) is 5.69 Å². The van der Waals surface area contributed by atoms with Gasteiger partial charge in [-0.3, -0.25) is 4.79 Å². The van der Waals surface area contributed by atoms with Gasteiger partial charge in [0, 0.05) is 20.1 Å². The van der Waals surface area contributed by atoms with Gasteiger partial charge in [0.05, 0.1) is 0 Å². The van der Waals surface area contributed by atoms with Crippen molar-refractivity contribution in [3.05, 3.63) is 17.8 Å². The summed E-state index contributed by atoms with van der Waals surface area (Å²) < 4.78 is 0. The molecule has 0 aliphatic rings. The lowest BCUT2D eigenvalue weighted by Crippen LogP contribution is -2.31. The third kappa shape index (κ3) is 4.01. The Morgan fingerprint density at radius 1 is 1.41 bits per heavy atom. The highest BCUT2D eigenvalue weighted by Crippen LogP contribution is 2.05. The van der Waals surface area contributed by atoms with E-state index in [9.17, 15) is 4.79 Å². The van der Waals surface area contributed by atoms with E-state index in [0.717, 1.165) is 13.1 Å². The standard InChI is InChI=1S/C12H20N4O/c1-5-13-11-7-6-10(14-15-11)12(17)16(4)8-9(2)3/h6-7,9H,5,8H2,1-4H3,(H,13,15). The van der Waals surface area contributed by atoms with E-state index < -0.39 is 0 Å². The van der Waals surface area contributed by atoms with E-state index in [1.54, 1.807) is 24.1 Å². The number of anilines is 1. The average molecular weight is 236 g/mol. The highest BCUT2D eigenvalue weighted by Gasteiger charge is 2.14. The fraction of sp³-hybridized carbons (Fsp3) is 0.583. The monoisotopic (exact) mass is 236 g/mol. The van der Waals surface area contributed by atoms with Gasteiger partial charge in [-0.2, -0.15) is 0 Å². The fourth-order valence-corrected chi connectivity index (χ4v) is 1.55. The molecule has 1 rings (SSSR count). The summed E-state index contributed by atoms with van der Waals surface area (Å²) >= 11 is 0. The van der Waals surface area contributed by atoms with E-state index in [-0.39, 0.29) is 5.91 Å². The summed E-state index contributed by atoms with van der Waals surface area (Å²) in [4.78, 5) is 13.6. The SMILES string of the molecule is CCNc1ccc(C(=O)N(C)CC(C)C)nn1. The number of carbonyl (C=O) groups is 1. The van der Waals surface area contributed by atoms with Crippen molar-refractivity contribution in [1.29, 1.82) is 0 Å². The molecule has 0 aromatic carbocycles. The Hall–Kier alpha value is -1.65. The van der Waals surface area contributed by atoms with Crippen LogP contribution in [0, 0.1) is 5.92 Å². The molecule has 5 nitrogen and oxygen atoms in total. The number of amides is 1. The van der Waals surface area contributed by atoms with Gasteiger partial charge >= 0.3 is 0 Å². The zero-order valence-electron chi connectivity index (χ0n) is 10.9. The summed E-state index contributed by atoms with van der Waals surface area (Å²) in [5.74, 6) is 1.04. The van der Waals surface area contributed by atoms with Crippen LogP contribution >= 0.6 is 0 Å². The Balaban J connectivity index is 2.69. The van der Waals surface area contributed by atoms with Gasteiger partial charge in [0.25, 0.3) is 5.91 Å². The summed E-state index contributed by atoms with van der Waals surface area (Å²) in [5.41, 5.74) is 0.384. The minimum atomic E-state index is -0.0887. The van der Waals surface area contributed by atoms with Crippen molar-refractivity contribution in [1.82, 2.24) is 15.1 Å². The van der Waals surface area contributed by atoms with Gasteiger partial charge in [0.2, 0.25) is 0 Å². The van der Waals surface area contributed by atoms with Gasteiger partial charge in [-0.25, -0.2) is 0 Å². The largest absolute Gasteiger partial charge is 0.369 e. The topological polar surface area (TPSA) is 58.1 Å². The molecule has 1 amide bonds. The van der Waals surface area contributed by atoms with Crippen LogP contribution in [0.2, 0.25) is 0 Å². The first-order valence-corrected chi connectivity index (χ1v) is 5.87. The van der Waals surface area contributed by atoms with E-state index in [0.29, 0.717) is 17.4 Å². The number of nitrogens with one attached hydrogen (secondary N) is 1. The van der Waals surface area contributed by atoms with Crippen LogP contribution in [0.25, 0.3) is 0 Å². The maximum Gasteiger partial charge on any atom is 0.274 e. The Kier molecular flexibility index (Phi) is 4.87. The Morgan fingerprint density at radius 2 is 2.12 bits per heavy atom. The second-order valence-corrected chi connectivity index (χ2v) is 4.41. The molecule has 5 heteroatoms. The van der Waals surface area contributed by atoms with Gasteiger partial charge in [-0.05, 0) is 25.0 Å². The van der Waals surface area contributed by atoms with Crippen LogP contribution in [0.15, 0.2) is 12.1 Å². The Labute approximate surface area is 102 Å². The second-order valence-electron chi connectivity index (χ2n) is 4.41. The molecule has 1 aromatic heterocycles. The molecule has 0 radical (unpaired) electrons. The van der Waals surface area contributed by atoms with Crippen LogP contribution in [0.3, 0.4) is 0 Å². The molecule has 0 unspecified atom stereocenters. The second kappa shape index (κ2) is 6.18. The Bertz CT molecular complexity index is 361. The highest BCUT2D eigenvalue weighted by atomic mass is 16.2. The summed E-state index contributed by atoms with van der Waals surface area (Å²) in [5, 5.41) is 10.9. The lowest BCUT2D eigenvalue weighted by molar-refractivity contribution is 0.0772. The van der Waals surface area contributed by atoms with Crippen LogP contribution in [0.4, 0.5) is 5.82 Å². The maximum atomic E-state index is 12.0. The maximum absolute atomic E-state index is 12.0. The van der Waals surface area contributed by atoms with Crippen molar-refractivity contribution in [2.24, 2.45) is 5.92 Å². The summed E-state index contributed by atoms with van der Waals surface area (Å²) in [7, 11) is 1.78. The molecule has 1 heterocycles. The predicted octanol–water partition coefficient (Wildman–Crippen LogP) is 1.64. The van der Waals surface area contributed by atoms with Crippen molar-refractivity contribution in [2.45, 2.75) is 20.8 Å². The van der Waals surface area contributed by atoms with E-state index in [2.05, 4.69) is 29.4 Å². The zero-order chi connectivity index (χ0) is 12.8. The summed E-state index contributed by atoms with van der Waals surface area (Å²) in [6.45, 7) is 7.63. The first-order chi connectivity index (χ1) is 8.04. The molecule has 0 aliphatic carbocycles.